The van der Waals surface area contributed by atoms with Crippen LogP contribution in [0.15, 0.2) is 60.7 Å². The van der Waals surface area contributed by atoms with Crippen LogP contribution in [0, 0.1) is 6.92 Å². The highest BCUT2D eigenvalue weighted by molar-refractivity contribution is 5.63. The number of anilines is 1. The third kappa shape index (κ3) is 4.35. The third-order valence-electron chi connectivity index (χ3n) is 3.64. The number of nitrogens with zero attached hydrogens (tertiary/aromatic N) is 2. The van der Waals surface area contributed by atoms with Gasteiger partial charge in [-0.05, 0) is 24.6 Å². The van der Waals surface area contributed by atoms with Gasteiger partial charge in [0.1, 0.15) is 11.6 Å². The van der Waals surface area contributed by atoms with Crippen LogP contribution >= 0.6 is 0 Å². The number of benzene rings is 2. The molecule has 6 heteroatoms. The lowest BCUT2D eigenvalue weighted by molar-refractivity contribution is -0.137. The second-order valence-corrected chi connectivity index (χ2v) is 5.60. The van der Waals surface area contributed by atoms with Gasteiger partial charge >= 0.3 is 6.18 Å². The summed E-state index contributed by atoms with van der Waals surface area (Å²) in [6.45, 7) is 2.28. The molecule has 2 aromatic carbocycles. The van der Waals surface area contributed by atoms with Crippen molar-refractivity contribution in [3.8, 4) is 11.3 Å². The van der Waals surface area contributed by atoms with E-state index in [0.717, 1.165) is 17.7 Å². The molecule has 3 aromatic rings. The zero-order valence-electron chi connectivity index (χ0n) is 13.5. The summed E-state index contributed by atoms with van der Waals surface area (Å²) in [6.07, 6.45) is -4.38. The molecule has 0 radical (unpaired) electrons. The van der Waals surface area contributed by atoms with E-state index in [1.807, 2.05) is 30.3 Å². The zero-order valence-corrected chi connectivity index (χ0v) is 13.5. The molecule has 3 rings (SSSR count). The molecule has 0 unspecified atom stereocenters. The van der Waals surface area contributed by atoms with Crippen molar-refractivity contribution in [3.05, 3.63) is 77.6 Å². The van der Waals surface area contributed by atoms with Crippen molar-refractivity contribution in [1.82, 2.24) is 9.97 Å². The SMILES string of the molecule is Cc1nc(NCc2ccccc2)cc(-c2cccc(C(F)(F)F)c2)n1. The van der Waals surface area contributed by atoms with Crippen LogP contribution in [0.3, 0.4) is 0 Å². The summed E-state index contributed by atoms with van der Waals surface area (Å²) < 4.78 is 38.7. The molecule has 1 N–H and O–H groups in total. The fourth-order valence-electron chi connectivity index (χ4n) is 2.45. The number of aryl methyl sites for hydroxylation is 1. The molecule has 0 saturated heterocycles. The van der Waals surface area contributed by atoms with Gasteiger partial charge in [0.15, 0.2) is 0 Å². The molecule has 1 aromatic heterocycles. The Balaban J connectivity index is 1.87. The largest absolute Gasteiger partial charge is 0.416 e. The summed E-state index contributed by atoms with van der Waals surface area (Å²) in [5, 5.41) is 3.18. The molecule has 0 saturated carbocycles. The lowest BCUT2D eigenvalue weighted by atomic mass is 10.1. The van der Waals surface area contributed by atoms with Gasteiger partial charge in [-0.25, -0.2) is 9.97 Å². The highest BCUT2D eigenvalue weighted by atomic mass is 19.4. The maximum Gasteiger partial charge on any atom is 0.416 e. The van der Waals surface area contributed by atoms with E-state index in [9.17, 15) is 13.2 Å². The Morgan fingerprint density at radius 1 is 0.920 bits per heavy atom. The minimum atomic E-state index is -4.38. The Kier molecular flexibility index (Phi) is 4.70. The van der Waals surface area contributed by atoms with Crippen LogP contribution < -0.4 is 5.32 Å². The van der Waals surface area contributed by atoms with E-state index in [2.05, 4.69) is 15.3 Å². The van der Waals surface area contributed by atoms with E-state index in [0.29, 0.717) is 29.4 Å². The van der Waals surface area contributed by atoms with Crippen LogP contribution in [0.2, 0.25) is 0 Å². The summed E-state index contributed by atoms with van der Waals surface area (Å²) >= 11 is 0. The molecule has 1 heterocycles. The van der Waals surface area contributed by atoms with E-state index in [1.54, 1.807) is 19.1 Å². The van der Waals surface area contributed by atoms with Crippen LogP contribution in [0.4, 0.5) is 19.0 Å². The number of alkyl halides is 3. The van der Waals surface area contributed by atoms with Gasteiger partial charge in [0, 0.05) is 18.2 Å². The first-order valence-electron chi connectivity index (χ1n) is 7.73. The fraction of sp³-hybridized carbons (Fsp3) is 0.158. The van der Waals surface area contributed by atoms with Crippen LogP contribution in [0.1, 0.15) is 17.0 Å². The van der Waals surface area contributed by atoms with Crippen molar-refractivity contribution in [2.75, 3.05) is 5.32 Å². The van der Waals surface area contributed by atoms with Gasteiger partial charge < -0.3 is 5.32 Å². The molecule has 0 spiro atoms. The highest BCUT2D eigenvalue weighted by Crippen LogP contribution is 2.32. The first-order chi connectivity index (χ1) is 11.9. The van der Waals surface area contributed by atoms with Crippen LogP contribution in [0.25, 0.3) is 11.3 Å². The quantitative estimate of drug-likeness (QED) is 0.717. The van der Waals surface area contributed by atoms with Crippen molar-refractivity contribution in [3.63, 3.8) is 0 Å². The maximum atomic E-state index is 12.9. The standard InChI is InChI=1S/C19H16F3N3/c1-13-24-17(15-8-5-9-16(10-15)19(20,21)22)11-18(25-13)23-12-14-6-3-2-4-7-14/h2-11H,12H2,1H3,(H,23,24,25). The Morgan fingerprint density at radius 3 is 2.40 bits per heavy atom. The Bertz CT molecular complexity index is 861. The first kappa shape index (κ1) is 17.0. The Hall–Kier alpha value is -2.89. The number of halogens is 3. The van der Waals surface area contributed by atoms with Crippen molar-refractivity contribution in [2.24, 2.45) is 0 Å². The second-order valence-electron chi connectivity index (χ2n) is 5.60. The zero-order chi connectivity index (χ0) is 17.9. The first-order valence-corrected chi connectivity index (χ1v) is 7.73. The van der Waals surface area contributed by atoms with Crippen LogP contribution in [-0.4, -0.2) is 9.97 Å². The third-order valence-corrected chi connectivity index (χ3v) is 3.64. The summed E-state index contributed by atoms with van der Waals surface area (Å²) in [4.78, 5) is 8.56. The average Bonchev–Trinajstić information content (AvgIpc) is 2.60. The molecule has 0 amide bonds. The van der Waals surface area contributed by atoms with Crippen molar-refractivity contribution in [2.45, 2.75) is 19.6 Å². The van der Waals surface area contributed by atoms with Crippen molar-refractivity contribution >= 4 is 5.82 Å². The van der Waals surface area contributed by atoms with Crippen LogP contribution in [-0.2, 0) is 12.7 Å². The molecule has 128 valence electrons. The average molecular weight is 343 g/mol. The Morgan fingerprint density at radius 2 is 1.68 bits per heavy atom. The van der Waals surface area contributed by atoms with Gasteiger partial charge in [-0.3, -0.25) is 0 Å². The molecule has 0 bridgehead atoms. The Labute approximate surface area is 143 Å². The number of nitrogens with one attached hydrogen (secondary N) is 1. The molecule has 0 aliphatic heterocycles. The lowest BCUT2D eigenvalue weighted by Gasteiger charge is -2.11. The molecule has 3 nitrogen and oxygen atoms in total. The molecular formula is C19H16F3N3. The smallest absolute Gasteiger partial charge is 0.366 e. The van der Waals surface area contributed by atoms with Gasteiger partial charge in [0.25, 0.3) is 0 Å². The molecule has 0 aliphatic rings. The monoisotopic (exact) mass is 343 g/mol. The van der Waals surface area contributed by atoms with Gasteiger partial charge in [0.2, 0.25) is 0 Å². The minimum absolute atomic E-state index is 0.406. The van der Waals surface area contributed by atoms with Gasteiger partial charge in [-0.1, -0.05) is 42.5 Å². The van der Waals surface area contributed by atoms with Gasteiger partial charge in [0.05, 0.1) is 11.3 Å². The van der Waals surface area contributed by atoms with Gasteiger partial charge in [-0.15, -0.1) is 0 Å². The molecule has 0 aliphatic carbocycles. The van der Waals surface area contributed by atoms with Crippen LogP contribution in [0.5, 0.6) is 0 Å². The van der Waals surface area contributed by atoms with E-state index < -0.39 is 11.7 Å². The predicted octanol–water partition coefficient (Wildman–Crippen LogP) is 5.08. The molecule has 0 atom stereocenters. The predicted molar refractivity (Wildman–Crippen MR) is 91.0 cm³/mol. The van der Waals surface area contributed by atoms with E-state index in [-0.39, 0.29) is 0 Å². The van der Waals surface area contributed by atoms with Gasteiger partial charge in [-0.2, -0.15) is 13.2 Å². The summed E-state index contributed by atoms with van der Waals surface area (Å²) in [7, 11) is 0. The second kappa shape index (κ2) is 6.93. The summed E-state index contributed by atoms with van der Waals surface area (Å²) in [5.74, 6) is 1.06. The van der Waals surface area contributed by atoms with Crippen molar-refractivity contribution in [1.29, 1.82) is 0 Å². The molecular weight excluding hydrogens is 327 g/mol. The van der Waals surface area contributed by atoms with E-state index in [4.69, 9.17) is 0 Å². The van der Waals surface area contributed by atoms with Crippen molar-refractivity contribution < 1.29 is 13.2 Å². The fourth-order valence-corrected chi connectivity index (χ4v) is 2.45. The van der Waals surface area contributed by atoms with E-state index >= 15 is 0 Å². The number of hydrogen-bond donors (Lipinski definition) is 1. The maximum absolute atomic E-state index is 12.9. The number of rotatable bonds is 4. The number of aromatic nitrogens is 2. The number of hydrogen-bond acceptors (Lipinski definition) is 3. The normalized spacial score (nSPS) is 11.4. The summed E-state index contributed by atoms with van der Waals surface area (Å²) in [5.41, 5.74) is 1.25. The topological polar surface area (TPSA) is 37.8 Å². The van der Waals surface area contributed by atoms with E-state index in [1.165, 1.54) is 6.07 Å². The summed E-state index contributed by atoms with van der Waals surface area (Å²) in [6, 6.07) is 16.6. The molecule has 0 fully saturated rings. The minimum Gasteiger partial charge on any atom is -0.366 e. The highest BCUT2D eigenvalue weighted by Gasteiger charge is 2.30. The lowest BCUT2D eigenvalue weighted by Crippen LogP contribution is -2.06. The molecule has 25 heavy (non-hydrogen) atoms.